The summed E-state index contributed by atoms with van der Waals surface area (Å²) >= 11 is 0. The van der Waals surface area contributed by atoms with Crippen molar-refractivity contribution in [2.45, 2.75) is 26.0 Å². The van der Waals surface area contributed by atoms with E-state index in [1.54, 1.807) is 6.92 Å². The topological polar surface area (TPSA) is 32.4 Å². The summed E-state index contributed by atoms with van der Waals surface area (Å²) in [6.07, 6.45) is 0.660. The van der Waals surface area contributed by atoms with E-state index >= 15 is 0 Å². The van der Waals surface area contributed by atoms with Crippen LogP contribution in [-0.2, 0) is 9.84 Å². The van der Waals surface area contributed by atoms with Crippen molar-refractivity contribution in [3.63, 3.8) is 0 Å². The van der Waals surface area contributed by atoms with Crippen molar-refractivity contribution >= 4 is 0 Å². The van der Waals surface area contributed by atoms with Gasteiger partial charge < -0.3 is 4.74 Å². The summed E-state index contributed by atoms with van der Waals surface area (Å²) in [5.41, 5.74) is -0.885. The van der Waals surface area contributed by atoms with Crippen molar-refractivity contribution < 1.29 is 9.84 Å². The maximum atomic E-state index is 11.7. The molecule has 0 bridgehead atoms. The van der Waals surface area contributed by atoms with Gasteiger partial charge in [0.05, 0.1) is 13.2 Å². The number of hydrogen-bond donors (Lipinski definition) is 0. The molecule has 11 heavy (non-hydrogen) atoms. The minimum absolute atomic E-state index is 0.660. The second kappa shape index (κ2) is 3.52. The molecular formula is C8H16NO2. The Balaban J connectivity index is 2.43. The Kier molecular flexibility index (Phi) is 2.87. The molecule has 0 aromatic heterocycles. The van der Waals surface area contributed by atoms with E-state index < -0.39 is 5.72 Å². The van der Waals surface area contributed by atoms with Gasteiger partial charge in [-0.1, -0.05) is 6.92 Å². The highest BCUT2D eigenvalue weighted by molar-refractivity contribution is 4.74. The highest BCUT2D eigenvalue weighted by Gasteiger charge is 2.30. The molecule has 0 aromatic rings. The quantitative estimate of drug-likeness (QED) is 0.597. The minimum Gasteiger partial charge on any atom is -0.379 e. The molecule has 1 heterocycles. The van der Waals surface area contributed by atoms with E-state index in [1.165, 1.54) is 0 Å². The van der Waals surface area contributed by atoms with Gasteiger partial charge in [-0.2, -0.15) is 0 Å². The predicted molar refractivity (Wildman–Crippen MR) is 41.8 cm³/mol. The Morgan fingerprint density at radius 3 is 2.45 bits per heavy atom. The summed E-state index contributed by atoms with van der Waals surface area (Å²) in [5, 5.41) is 11.7. The van der Waals surface area contributed by atoms with Gasteiger partial charge in [-0.25, -0.2) is 5.11 Å². The van der Waals surface area contributed by atoms with Gasteiger partial charge in [-0.05, 0) is 13.3 Å². The number of rotatable bonds is 2. The summed E-state index contributed by atoms with van der Waals surface area (Å²) < 4.78 is 5.16. The molecule has 0 aliphatic carbocycles. The first-order valence-corrected chi connectivity index (χ1v) is 4.20. The van der Waals surface area contributed by atoms with Crippen LogP contribution >= 0.6 is 0 Å². The first-order valence-electron chi connectivity index (χ1n) is 4.20. The zero-order valence-corrected chi connectivity index (χ0v) is 7.30. The fourth-order valence-electron chi connectivity index (χ4n) is 1.26. The molecule has 1 rings (SSSR count). The van der Waals surface area contributed by atoms with Gasteiger partial charge in [0, 0.05) is 13.1 Å². The van der Waals surface area contributed by atoms with Crippen LogP contribution in [0.1, 0.15) is 20.3 Å². The molecule has 0 aromatic carbocycles. The average Bonchev–Trinajstić information content (AvgIpc) is 2.06. The van der Waals surface area contributed by atoms with E-state index in [0.29, 0.717) is 19.6 Å². The number of nitrogens with zero attached hydrogens (tertiary/aromatic N) is 1. The van der Waals surface area contributed by atoms with Gasteiger partial charge in [-0.3, -0.25) is 4.90 Å². The van der Waals surface area contributed by atoms with Gasteiger partial charge in [0.15, 0.2) is 5.72 Å². The third-order valence-corrected chi connectivity index (χ3v) is 2.34. The molecule has 3 nitrogen and oxygen atoms in total. The van der Waals surface area contributed by atoms with Crippen LogP contribution in [0.3, 0.4) is 0 Å². The molecule has 0 N–H and O–H groups in total. The van der Waals surface area contributed by atoms with Crippen LogP contribution in [0.15, 0.2) is 0 Å². The Labute approximate surface area is 68.0 Å². The molecule has 1 aliphatic rings. The molecule has 0 saturated carbocycles. The van der Waals surface area contributed by atoms with Crippen molar-refractivity contribution in [3.8, 4) is 0 Å². The highest BCUT2D eigenvalue weighted by Crippen LogP contribution is 2.17. The lowest BCUT2D eigenvalue weighted by molar-refractivity contribution is -0.168. The Morgan fingerprint density at radius 1 is 1.45 bits per heavy atom. The normalized spacial score (nSPS) is 26.5. The molecule has 1 radical (unpaired) electrons. The first-order chi connectivity index (χ1) is 5.17. The highest BCUT2D eigenvalue weighted by atomic mass is 16.5. The van der Waals surface area contributed by atoms with Gasteiger partial charge in [0.1, 0.15) is 0 Å². The van der Waals surface area contributed by atoms with E-state index in [4.69, 9.17) is 4.74 Å². The Bertz CT molecular complexity index is 119. The Morgan fingerprint density at radius 2 is 2.00 bits per heavy atom. The van der Waals surface area contributed by atoms with Crippen molar-refractivity contribution in [2.24, 2.45) is 0 Å². The molecule has 65 valence electrons. The average molecular weight is 158 g/mol. The first kappa shape index (κ1) is 8.97. The van der Waals surface area contributed by atoms with E-state index in [0.717, 1.165) is 13.1 Å². The molecule has 1 atom stereocenters. The molecule has 1 saturated heterocycles. The predicted octanol–water partition coefficient (Wildman–Crippen LogP) is 0.875. The lowest BCUT2D eigenvalue weighted by Gasteiger charge is -2.36. The zero-order valence-electron chi connectivity index (χ0n) is 7.30. The second-order valence-electron chi connectivity index (χ2n) is 3.13. The van der Waals surface area contributed by atoms with Crippen molar-refractivity contribution in [3.05, 3.63) is 0 Å². The van der Waals surface area contributed by atoms with Crippen molar-refractivity contribution in [1.82, 2.24) is 4.90 Å². The molecule has 1 unspecified atom stereocenters. The lowest BCUT2D eigenvalue weighted by atomic mass is 10.1. The summed E-state index contributed by atoms with van der Waals surface area (Å²) in [6, 6.07) is 0. The lowest BCUT2D eigenvalue weighted by Crippen LogP contribution is -2.50. The Hall–Kier alpha value is -0.120. The van der Waals surface area contributed by atoms with Crippen LogP contribution < -0.4 is 0 Å². The van der Waals surface area contributed by atoms with Gasteiger partial charge in [-0.15, -0.1) is 0 Å². The van der Waals surface area contributed by atoms with E-state index in [-0.39, 0.29) is 0 Å². The molecular weight excluding hydrogens is 142 g/mol. The van der Waals surface area contributed by atoms with Crippen molar-refractivity contribution in [2.75, 3.05) is 26.3 Å². The number of hydrogen-bond acceptors (Lipinski definition) is 2. The smallest absolute Gasteiger partial charge is 0.153 e. The monoisotopic (exact) mass is 158 g/mol. The number of morpholine rings is 1. The van der Waals surface area contributed by atoms with Gasteiger partial charge in [0.2, 0.25) is 0 Å². The molecule has 3 heteroatoms. The molecule has 0 spiro atoms. The molecule has 0 amide bonds. The van der Waals surface area contributed by atoms with Crippen LogP contribution in [0.4, 0.5) is 0 Å². The largest absolute Gasteiger partial charge is 0.379 e. The van der Waals surface area contributed by atoms with Crippen LogP contribution in [-0.4, -0.2) is 36.9 Å². The molecule has 1 aliphatic heterocycles. The summed E-state index contributed by atoms with van der Waals surface area (Å²) in [4.78, 5) is 1.95. The SMILES string of the molecule is CCC(C)([O])N1CCOCC1. The molecule has 1 fully saturated rings. The van der Waals surface area contributed by atoms with Gasteiger partial charge >= 0.3 is 0 Å². The third kappa shape index (κ3) is 2.15. The maximum Gasteiger partial charge on any atom is 0.153 e. The fraction of sp³-hybridized carbons (Fsp3) is 1.00. The summed E-state index contributed by atoms with van der Waals surface area (Å²) in [7, 11) is 0. The standard InChI is InChI=1S/C8H16NO2/c1-3-8(2,10)9-4-6-11-7-5-9/h3-7H2,1-2H3. The van der Waals surface area contributed by atoms with Crippen LogP contribution in [0.2, 0.25) is 0 Å². The maximum absolute atomic E-state index is 11.7. The van der Waals surface area contributed by atoms with Crippen LogP contribution in [0, 0.1) is 0 Å². The van der Waals surface area contributed by atoms with E-state index in [9.17, 15) is 5.11 Å². The van der Waals surface area contributed by atoms with E-state index in [1.807, 2.05) is 11.8 Å². The zero-order chi connectivity index (χ0) is 8.32. The van der Waals surface area contributed by atoms with Gasteiger partial charge in [0.25, 0.3) is 0 Å². The van der Waals surface area contributed by atoms with Crippen LogP contribution in [0.25, 0.3) is 0 Å². The van der Waals surface area contributed by atoms with E-state index in [2.05, 4.69) is 0 Å². The second-order valence-corrected chi connectivity index (χ2v) is 3.13. The van der Waals surface area contributed by atoms with Crippen LogP contribution in [0.5, 0.6) is 0 Å². The number of ether oxygens (including phenoxy) is 1. The minimum atomic E-state index is -0.885. The third-order valence-electron chi connectivity index (χ3n) is 2.34. The summed E-state index contributed by atoms with van der Waals surface area (Å²) in [5.74, 6) is 0. The van der Waals surface area contributed by atoms with Crippen molar-refractivity contribution in [1.29, 1.82) is 0 Å². The summed E-state index contributed by atoms with van der Waals surface area (Å²) in [6.45, 7) is 6.66. The fourth-order valence-corrected chi connectivity index (χ4v) is 1.26.